The van der Waals surface area contributed by atoms with Gasteiger partial charge in [0, 0.05) is 21.9 Å². The molecule has 0 saturated heterocycles. The van der Waals surface area contributed by atoms with E-state index < -0.39 is 33.7 Å². The first kappa shape index (κ1) is 24.4. The molecule has 0 spiro atoms. The zero-order valence-electron chi connectivity index (χ0n) is 18.6. The summed E-state index contributed by atoms with van der Waals surface area (Å²) in [5.41, 5.74) is -0.504. The molecule has 0 aliphatic heterocycles. The van der Waals surface area contributed by atoms with Crippen molar-refractivity contribution in [3.8, 4) is 11.1 Å². The van der Waals surface area contributed by atoms with E-state index in [0.29, 0.717) is 11.1 Å². The number of halogens is 3. The molecule has 2 aromatic heterocycles. The Morgan fingerprint density at radius 1 is 1.15 bits per heavy atom. The molecule has 0 fully saturated rings. The molecule has 1 atom stereocenters. The lowest BCUT2D eigenvalue weighted by atomic mass is 9.96. The van der Waals surface area contributed by atoms with E-state index in [2.05, 4.69) is 10.3 Å². The number of thiophene rings is 1. The molecule has 0 saturated carbocycles. The predicted molar refractivity (Wildman–Crippen MR) is 124 cm³/mol. The molecule has 11 heteroatoms. The number of sulfone groups is 1. The van der Waals surface area contributed by atoms with Gasteiger partial charge >= 0.3 is 6.18 Å². The lowest BCUT2D eigenvalue weighted by Gasteiger charge is -2.26. The minimum absolute atomic E-state index is 0.104. The quantitative estimate of drug-likeness (QED) is 0.392. The summed E-state index contributed by atoms with van der Waals surface area (Å²) in [4.78, 5) is 0. The first-order valence-electron chi connectivity index (χ1n) is 10.4. The second-order valence-electron chi connectivity index (χ2n) is 8.25. The standard InChI is InChI=1S/C23H22F3N3O3S2/c1-4-22(30,23(24,25)26)19-13-29(28-27-19)12-15-8-9-17-18(11-15)33-21(34(3,31)32)20(17)16-7-5-6-14(2)10-16/h5-11,13,30H,4,12H2,1-3H3. The number of hydrogen-bond donors (Lipinski definition) is 1. The van der Waals surface area contributed by atoms with E-state index in [1.165, 1.54) is 17.9 Å². The fourth-order valence-electron chi connectivity index (χ4n) is 3.83. The molecule has 1 N–H and O–H groups in total. The summed E-state index contributed by atoms with van der Waals surface area (Å²) in [6.45, 7) is 3.26. The third-order valence-corrected chi connectivity index (χ3v) is 8.64. The molecule has 4 aromatic rings. The van der Waals surface area contributed by atoms with E-state index in [4.69, 9.17) is 0 Å². The highest BCUT2D eigenvalue weighted by atomic mass is 32.2. The van der Waals surface area contributed by atoms with Gasteiger partial charge in [-0.1, -0.05) is 54.1 Å². The van der Waals surface area contributed by atoms with Crippen LogP contribution in [0.25, 0.3) is 21.2 Å². The van der Waals surface area contributed by atoms with Gasteiger partial charge < -0.3 is 5.11 Å². The molecular weight excluding hydrogens is 487 g/mol. The van der Waals surface area contributed by atoms with Crippen LogP contribution in [0.5, 0.6) is 0 Å². The molecule has 0 radical (unpaired) electrons. The van der Waals surface area contributed by atoms with Crippen LogP contribution in [0.15, 0.2) is 52.9 Å². The minimum atomic E-state index is -4.88. The zero-order chi connectivity index (χ0) is 24.9. The highest BCUT2D eigenvalue weighted by molar-refractivity contribution is 7.93. The molecule has 0 bridgehead atoms. The molecule has 0 amide bonds. The summed E-state index contributed by atoms with van der Waals surface area (Å²) in [5.74, 6) is 0. The van der Waals surface area contributed by atoms with E-state index in [0.717, 1.165) is 38.7 Å². The molecule has 6 nitrogen and oxygen atoms in total. The highest BCUT2D eigenvalue weighted by Crippen LogP contribution is 2.43. The number of rotatable bonds is 6. The van der Waals surface area contributed by atoms with Crippen LogP contribution in [0.1, 0.15) is 30.2 Å². The number of fused-ring (bicyclic) bond motifs is 1. The summed E-state index contributed by atoms with van der Waals surface area (Å²) in [6, 6.07) is 13.0. The molecule has 34 heavy (non-hydrogen) atoms. The Balaban J connectivity index is 1.74. The number of hydrogen-bond acceptors (Lipinski definition) is 6. The minimum Gasteiger partial charge on any atom is -0.375 e. The molecule has 2 heterocycles. The van der Waals surface area contributed by atoms with Crippen molar-refractivity contribution in [1.82, 2.24) is 15.0 Å². The van der Waals surface area contributed by atoms with E-state index in [1.54, 1.807) is 12.1 Å². The van der Waals surface area contributed by atoms with Gasteiger partial charge in [0.1, 0.15) is 9.90 Å². The fraction of sp³-hybridized carbons (Fsp3) is 0.304. The molecule has 4 rings (SSSR count). The van der Waals surface area contributed by atoms with E-state index >= 15 is 0 Å². The van der Waals surface area contributed by atoms with Crippen LogP contribution >= 0.6 is 11.3 Å². The zero-order valence-corrected chi connectivity index (χ0v) is 20.2. The second kappa shape index (κ2) is 8.47. The maximum atomic E-state index is 13.3. The van der Waals surface area contributed by atoms with Gasteiger partial charge in [-0.2, -0.15) is 13.2 Å². The van der Waals surface area contributed by atoms with Gasteiger partial charge in [0.2, 0.25) is 5.60 Å². The van der Waals surface area contributed by atoms with E-state index in [9.17, 15) is 26.7 Å². The van der Waals surface area contributed by atoms with E-state index in [-0.39, 0.29) is 10.8 Å². The van der Waals surface area contributed by atoms with Crippen LogP contribution in [0.4, 0.5) is 13.2 Å². The fourth-order valence-corrected chi connectivity index (χ4v) is 6.32. The third-order valence-electron chi connectivity index (χ3n) is 5.65. The maximum Gasteiger partial charge on any atom is 0.423 e. The van der Waals surface area contributed by atoms with Gasteiger partial charge in [-0.15, -0.1) is 16.4 Å². The van der Waals surface area contributed by atoms with Crippen LogP contribution in [-0.2, 0) is 22.0 Å². The number of benzene rings is 2. The lowest BCUT2D eigenvalue weighted by molar-refractivity contribution is -0.269. The Kier molecular flexibility index (Phi) is 6.07. The first-order valence-corrected chi connectivity index (χ1v) is 13.1. The van der Waals surface area contributed by atoms with Crippen LogP contribution in [-0.4, -0.2) is 41.0 Å². The van der Waals surface area contributed by atoms with Gasteiger partial charge in [-0.3, -0.25) is 0 Å². The SMILES string of the molecule is CCC(O)(c1cn(Cc2ccc3c(-c4cccc(C)c4)c(S(C)(=O)=O)sc3c2)nn1)C(F)(F)F. The van der Waals surface area contributed by atoms with Gasteiger partial charge in [-0.25, -0.2) is 13.1 Å². The number of aliphatic hydroxyl groups is 1. The van der Waals surface area contributed by atoms with Crippen molar-refractivity contribution in [3.63, 3.8) is 0 Å². The van der Waals surface area contributed by atoms with Crippen LogP contribution in [0.3, 0.4) is 0 Å². The predicted octanol–water partition coefficient (Wildman–Crippen LogP) is 5.08. The highest BCUT2D eigenvalue weighted by Gasteiger charge is 2.55. The lowest BCUT2D eigenvalue weighted by Crippen LogP contribution is -2.42. The van der Waals surface area contributed by atoms with Gasteiger partial charge in [0.15, 0.2) is 9.84 Å². The van der Waals surface area contributed by atoms with Crippen LogP contribution in [0, 0.1) is 6.92 Å². The summed E-state index contributed by atoms with van der Waals surface area (Å²) >= 11 is 1.15. The smallest absolute Gasteiger partial charge is 0.375 e. The Morgan fingerprint density at radius 3 is 2.50 bits per heavy atom. The molecule has 180 valence electrons. The first-order chi connectivity index (χ1) is 15.8. The topological polar surface area (TPSA) is 85.1 Å². The number of aromatic nitrogens is 3. The second-order valence-corrected chi connectivity index (χ2v) is 11.5. The molecular formula is C23H22F3N3O3S2. The molecule has 2 aromatic carbocycles. The Morgan fingerprint density at radius 2 is 1.88 bits per heavy atom. The summed E-state index contributed by atoms with van der Waals surface area (Å²) in [6.07, 6.45) is -3.22. The number of alkyl halides is 3. The Labute approximate surface area is 198 Å². The number of aryl methyl sites for hydroxylation is 1. The van der Waals surface area contributed by atoms with Gasteiger partial charge in [0.05, 0.1) is 12.7 Å². The van der Waals surface area contributed by atoms with E-state index in [1.807, 2.05) is 37.3 Å². The van der Waals surface area contributed by atoms with Crippen molar-refractivity contribution < 1.29 is 26.7 Å². The molecule has 0 aliphatic carbocycles. The average molecular weight is 510 g/mol. The summed E-state index contributed by atoms with van der Waals surface area (Å²) in [5, 5.41) is 18.2. The normalized spacial score (nSPS) is 14.4. The maximum absolute atomic E-state index is 13.3. The Hall–Kier alpha value is -2.76. The Bertz CT molecular complexity index is 1480. The van der Waals surface area contributed by atoms with Crippen molar-refractivity contribution >= 4 is 31.3 Å². The van der Waals surface area contributed by atoms with Crippen molar-refractivity contribution in [2.45, 2.75) is 42.8 Å². The van der Waals surface area contributed by atoms with Gasteiger partial charge in [-0.05, 0) is 30.5 Å². The van der Waals surface area contributed by atoms with Crippen LogP contribution in [0.2, 0.25) is 0 Å². The summed E-state index contributed by atoms with van der Waals surface area (Å²) in [7, 11) is -3.50. The van der Waals surface area contributed by atoms with Crippen LogP contribution < -0.4 is 0 Å². The number of nitrogens with zero attached hydrogens (tertiary/aromatic N) is 3. The average Bonchev–Trinajstić information content (AvgIpc) is 3.37. The third kappa shape index (κ3) is 4.35. The largest absolute Gasteiger partial charge is 0.423 e. The van der Waals surface area contributed by atoms with Gasteiger partial charge in [0.25, 0.3) is 0 Å². The molecule has 1 unspecified atom stereocenters. The summed E-state index contributed by atoms with van der Waals surface area (Å²) < 4.78 is 67.3. The molecule has 0 aliphatic rings. The van der Waals surface area contributed by atoms with Crippen molar-refractivity contribution in [2.24, 2.45) is 0 Å². The van der Waals surface area contributed by atoms with Crippen molar-refractivity contribution in [1.29, 1.82) is 0 Å². The monoisotopic (exact) mass is 509 g/mol. The van der Waals surface area contributed by atoms with Crippen molar-refractivity contribution in [2.75, 3.05) is 6.26 Å². The van der Waals surface area contributed by atoms with Crippen molar-refractivity contribution in [3.05, 3.63) is 65.5 Å².